The highest BCUT2D eigenvalue weighted by Crippen LogP contribution is 2.20. The first kappa shape index (κ1) is 24.9. The smallest absolute Gasteiger partial charge is 0.329 e. The van der Waals surface area contributed by atoms with Gasteiger partial charge in [0.2, 0.25) is 5.91 Å². The molecule has 1 N–H and O–H groups in total. The Hall–Kier alpha value is -4.25. The SMILES string of the molecule is CC(C)[C@@H](NC(=O)Cc1cccc2ccccc12)C(=O)OCC(=O)c1ccc(-c2ccccc2)cc1. The molecule has 0 saturated carbocycles. The Kier molecular flexibility index (Phi) is 7.91. The maximum Gasteiger partial charge on any atom is 0.329 e. The van der Waals surface area contributed by atoms with Gasteiger partial charge in [0.25, 0.3) is 0 Å². The third kappa shape index (κ3) is 6.05. The molecule has 4 aromatic rings. The molecule has 1 amide bonds. The lowest BCUT2D eigenvalue weighted by Crippen LogP contribution is -2.46. The molecule has 0 aliphatic heterocycles. The van der Waals surface area contributed by atoms with E-state index in [1.807, 2.05) is 98.8 Å². The number of amides is 1. The minimum absolute atomic E-state index is 0.143. The molecule has 1 atom stereocenters. The van der Waals surface area contributed by atoms with Crippen molar-refractivity contribution in [2.45, 2.75) is 26.3 Å². The summed E-state index contributed by atoms with van der Waals surface area (Å²) in [6.07, 6.45) is 0.143. The number of rotatable bonds is 9. The largest absolute Gasteiger partial charge is 0.456 e. The molecule has 0 radical (unpaired) electrons. The number of carbonyl (C=O) groups excluding carboxylic acids is 3. The van der Waals surface area contributed by atoms with E-state index in [0.717, 1.165) is 27.5 Å². The summed E-state index contributed by atoms with van der Waals surface area (Å²) in [7, 11) is 0. The fourth-order valence-electron chi connectivity index (χ4n) is 4.13. The van der Waals surface area contributed by atoms with Crippen LogP contribution in [0.3, 0.4) is 0 Å². The molecule has 36 heavy (non-hydrogen) atoms. The van der Waals surface area contributed by atoms with Crippen LogP contribution in [0.5, 0.6) is 0 Å². The number of ether oxygens (including phenoxy) is 1. The summed E-state index contributed by atoms with van der Waals surface area (Å²) in [5.41, 5.74) is 3.40. The third-order valence-corrected chi connectivity index (χ3v) is 6.13. The fraction of sp³-hybridized carbons (Fsp3) is 0.194. The van der Waals surface area contributed by atoms with Crippen molar-refractivity contribution in [1.82, 2.24) is 5.32 Å². The fourth-order valence-corrected chi connectivity index (χ4v) is 4.13. The van der Waals surface area contributed by atoms with E-state index in [1.54, 1.807) is 12.1 Å². The number of esters is 1. The summed E-state index contributed by atoms with van der Waals surface area (Å²) in [6.45, 7) is 3.27. The zero-order valence-electron chi connectivity index (χ0n) is 20.4. The van der Waals surface area contributed by atoms with Crippen molar-refractivity contribution in [2.24, 2.45) is 5.92 Å². The number of Topliss-reactive ketones (excluding diaryl/α,β-unsaturated/α-hetero) is 1. The van der Waals surface area contributed by atoms with Gasteiger partial charge in [-0.2, -0.15) is 0 Å². The van der Waals surface area contributed by atoms with Crippen molar-refractivity contribution in [3.63, 3.8) is 0 Å². The number of hydrogen-bond donors (Lipinski definition) is 1. The average Bonchev–Trinajstić information content (AvgIpc) is 2.91. The lowest BCUT2D eigenvalue weighted by atomic mass is 10.0. The molecule has 4 rings (SSSR count). The van der Waals surface area contributed by atoms with E-state index >= 15 is 0 Å². The standard InChI is InChI=1S/C31H29NO4/c1-21(2)30(32-29(34)19-26-13-8-12-24-11-6-7-14-27(24)26)31(35)36-20-28(33)25-17-15-23(16-18-25)22-9-4-3-5-10-22/h3-18,21,30H,19-20H2,1-2H3,(H,32,34)/t30-/m1/s1. The van der Waals surface area contributed by atoms with Crippen molar-refractivity contribution in [1.29, 1.82) is 0 Å². The maximum absolute atomic E-state index is 12.8. The van der Waals surface area contributed by atoms with Crippen LogP contribution < -0.4 is 5.32 Å². The second-order valence-electron chi connectivity index (χ2n) is 9.08. The highest BCUT2D eigenvalue weighted by molar-refractivity contribution is 5.99. The molecule has 0 aromatic heterocycles. The minimum atomic E-state index is -0.847. The van der Waals surface area contributed by atoms with Gasteiger partial charge in [-0.25, -0.2) is 4.79 Å². The first-order valence-electron chi connectivity index (χ1n) is 12.0. The molecule has 0 saturated heterocycles. The number of nitrogens with one attached hydrogen (secondary N) is 1. The summed E-state index contributed by atoms with van der Waals surface area (Å²) in [4.78, 5) is 38.2. The van der Waals surface area contributed by atoms with E-state index in [4.69, 9.17) is 4.74 Å². The highest BCUT2D eigenvalue weighted by Gasteiger charge is 2.26. The van der Waals surface area contributed by atoms with Crippen LogP contribution in [0.15, 0.2) is 97.1 Å². The van der Waals surface area contributed by atoms with Crippen LogP contribution >= 0.6 is 0 Å². The van der Waals surface area contributed by atoms with Gasteiger partial charge in [0.05, 0.1) is 6.42 Å². The van der Waals surface area contributed by atoms with Crippen LogP contribution in [0.25, 0.3) is 21.9 Å². The number of benzene rings is 4. The Labute approximate surface area is 211 Å². The monoisotopic (exact) mass is 479 g/mol. The van der Waals surface area contributed by atoms with Crippen molar-refractivity contribution < 1.29 is 19.1 Å². The van der Waals surface area contributed by atoms with E-state index in [9.17, 15) is 14.4 Å². The second kappa shape index (κ2) is 11.5. The number of hydrogen-bond acceptors (Lipinski definition) is 4. The van der Waals surface area contributed by atoms with E-state index in [1.165, 1.54) is 0 Å². The van der Waals surface area contributed by atoms with Gasteiger partial charge in [-0.1, -0.05) is 111 Å². The molecule has 182 valence electrons. The normalized spacial score (nSPS) is 11.8. The first-order chi connectivity index (χ1) is 17.4. The van der Waals surface area contributed by atoms with Crippen LogP contribution in [-0.4, -0.2) is 30.3 Å². The summed E-state index contributed by atoms with van der Waals surface area (Å²) in [5, 5.41) is 4.85. The first-order valence-corrected chi connectivity index (χ1v) is 12.0. The lowest BCUT2D eigenvalue weighted by molar-refractivity contribution is -0.148. The van der Waals surface area contributed by atoms with E-state index in [-0.39, 0.29) is 30.6 Å². The van der Waals surface area contributed by atoms with Gasteiger partial charge in [0.15, 0.2) is 12.4 Å². The third-order valence-electron chi connectivity index (χ3n) is 6.13. The van der Waals surface area contributed by atoms with Gasteiger partial charge < -0.3 is 10.1 Å². The van der Waals surface area contributed by atoms with Crippen molar-refractivity contribution in [3.8, 4) is 11.1 Å². The molecular formula is C31H29NO4. The molecule has 0 spiro atoms. The number of fused-ring (bicyclic) bond motifs is 1. The predicted octanol–water partition coefficient (Wildman–Crippen LogP) is 5.62. The Morgan fingerprint density at radius 1 is 0.750 bits per heavy atom. The summed E-state index contributed by atoms with van der Waals surface area (Å²) < 4.78 is 5.31. The summed E-state index contributed by atoms with van der Waals surface area (Å²) in [5.74, 6) is -1.39. The zero-order chi connectivity index (χ0) is 25.5. The van der Waals surface area contributed by atoms with E-state index in [0.29, 0.717) is 5.56 Å². The molecule has 5 nitrogen and oxygen atoms in total. The van der Waals surface area contributed by atoms with Crippen LogP contribution in [0.1, 0.15) is 29.8 Å². The van der Waals surface area contributed by atoms with Crippen LogP contribution in [-0.2, 0) is 20.7 Å². The molecule has 0 bridgehead atoms. The molecule has 0 aliphatic carbocycles. The molecule has 0 heterocycles. The van der Waals surface area contributed by atoms with Crippen molar-refractivity contribution in [2.75, 3.05) is 6.61 Å². The molecular weight excluding hydrogens is 450 g/mol. The Bertz CT molecular complexity index is 1360. The van der Waals surface area contributed by atoms with Crippen LogP contribution in [0.2, 0.25) is 0 Å². The lowest BCUT2D eigenvalue weighted by Gasteiger charge is -2.21. The topological polar surface area (TPSA) is 72.5 Å². The zero-order valence-corrected chi connectivity index (χ0v) is 20.4. The van der Waals surface area contributed by atoms with Crippen molar-refractivity contribution >= 4 is 28.4 Å². The molecule has 0 aliphatic rings. The second-order valence-corrected chi connectivity index (χ2v) is 9.08. The molecule has 0 fully saturated rings. The molecule has 5 heteroatoms. The van der Waals surface area contributed by atoms with Gasteiger partial charge in [0, 0.05) is 5.56 Å². The Balaban J connectivity index is 1.35. The highest BCUT2D eigenvalue weighted by atomic mass is 16.5. The predicted molar refractivity (Wildman–Crippen MR) is 142 cm³/mol. The number of ketones is 1. The van der Waals surface area contributed by atoms with Crippen LogP contribution in [0.4, 0.5) is 0 Å². The number of carbonyl (C=O) groups is 3. The van der Waals surface area contributed by atoms with Gasteiger partial charge in [-0.3, -0.25) is 9.59 Å². The Morgan fingerprint density at radius 3 is 2.11 bits per heavy atom. The van der Waals surface area contributed by atoms with Crippen molar-refractivity contribution in [3.05, 3.63) is 108 Å². The van der Waals surface area contributed by atoms with Gasteiger partial charge in [-0.15, -0.1) is 0 Å². The van der Waals surface area contributed by atoms with E-state index < -0.39 is 12.0 Å². The van der Waals surface area contributed by atoms with E-state index in [2.05, 4.69) is 5.32 Å². The average molecular weight is 480 g/mol. The van der Waals surface area contributed by atoms with Gasteiger partial charge >= 0.3 is 5.97 Å². The van der Waals surface area contributed by atoms with Crippen LogP contribution in [0, 0.1) is 5.92 Å². The minimum Gasteiger partial charge on any atom is -0.456 e. The molecule has 0 unspecified atom stereocenters. The maximum atomic E-state index is 12.8. The molecule has 4 aromatic carbocycles. The Morgan fingerprint density at radius 2 is 1.39 bits per heavy atom. The summed E-state index contributed by atoms with van der Waals surface area (Å²) in [6, 6.07) is 29.9. The van der Waals surface area contributed by atoms with Gasteiger partial charge in [-0.05, 0) is 33.4 Å². The summed E-state index contributed by atoms with van der Waals surface area (Å²) >= 11 is 0. The van der Waals surface area contributed by atoms with Gasteiger partial charge in [0.1, 0.15) is 6.04 Å². The quantitative estimate of drug-likeness (QED) is 0.250.